The first-order valence-electron chi connectivity index (χ1n) is 9.18. The molecule has 0 bridgehead atoms. The van der Waals surface area contributed by atoms with E-state index in [1.807, 2.05) is 0 Å². The summed E-state index contributed by atoms with van der Waals surface area (Å²) in [6.45, 7) is 4.21. The minimum absolute atomic E-state index is 0.0723. The van der Waals surface area contributed by atoms with Crippen LogP contribution in [0.2, 0.25) is 0 Å². The Morgan fingerprint density at radius 1 is 0.952 bits per heavy atom. The lowest BCUT2D eigenvalue weighted by atomic mass is 10.1. The third-order valence-corrected chi connectivity index (χ3v) is 5.35. The Hall–Kier alpha value is -0.0500. The van der Waals surface area contributed by atoms with Crippen LogP contribution in [0.4, 0.5) is 0 Å². The standard InChI is InChI=1S/C18H34BrNO/c1-2-3-4-5-6-7-8-9-10-12-15-20-16-13-11-14-17(19)18(20)21/h17H,2-16H2,1H3. The van der Waals surface area contributed by atoms with E-state index in [0.717, 1.165) is 19.5 Å². The number of carbonyl (C=O) groups is 1. The minimum Gasteiger partial charge on any atom is -0.342 e. The van der Waals surface area contributed by atoms with Crippen molar-refractivity contribution in [2.75, 3.05) is 13.1 Å². The van der Waals surface area contributed by atoms with Crippen molar-refractivity contribution in [1.29, 1.82) is 0 Å². The fraction of sp³-hybridized carbons (Fsp3) is 0.944. The molecule has 0 saturated carbocycles. The van der Waals surface area contributed by atoms with Crippen LogP contribution in [0.3, 0.4) is 0 Å². The molecular weight excluding hydrogens is 326 g/mol. The molecule has 1 fully saturated rings. The van der Waals surface area contributed by atoms with E-state index >= 15 is 0 Å². The summed E-state index contributed by atoms with van der Waals surface area (Å²) in [7, 11) is 0. The Kier molecular flexibility index (Phi) is 11.3. The highest BCUT2D eigenvalue weighted by Gasteiger charge is 2.23. The third-order valence-electron chi connectivity index (χ3n) is 4.50. The van der Waals surface area contributed by atoms with Gasteiger partial charge < -0.3 is 4.90 Å². The van der Waals surface area contributed by atoms with Gasteiger partial charge in [0.2, 0.25) is 5.91 Å². The van der Waals surface area contributed by atoms with Gasteiger partial charge in [-0.15, -0.1) is 0 Å². The number of unbranched alkanes of at least 4 members (excludes halogenated alkanes) is 9. The fourth-order valence-corrected chi connectivity index (χ4v) is 3.68. The van der Waals surface area contributed by atoms with Crippen LogP contribution in [0.15, 0.2) is 0 Å². The highest BCUT2D eigenvalue weighted by molar-refractivity contribution is 9.10. The van der Waals surface area contributed by atoms with Gasteiger partial charge in [0.15, 0.2) is 0 Å². The zero-order chi connectivity index (χ0) is 15.3. The van der Waals surface area contributed by atoms with Gasteiger partial charge in [0.1, 0.15) is 0 Å². The molecule has 0 aromatic heterocycles. The van der Waals surface area contributed by atoms with Crippen molar-refractivity contribution in [2.45, 2.75) is 95.2 Å². The zero-order valence-electron chi connectivity index (χ0n) is 13.9. The number of hydrogen-bond donors (Lipinski definition) is 0. The number of halogens is 1. The lowest BCUT2D eigenvalue weighted by Crippen LogP contribution is -2.36. The lowest BCUT2D eigenvalue weighted by Gasteiger charge is -2.22. The van der Waals surface area contributed by atoms with Gasteiger partial charge in [-0.25, -0.2) is 0 Å². The number of nitrogens with zero attached hydrogens (tertiary/aromatic N) is 1. The average molecular weight is 360 g/mol. The number of carbonyl (C=O) groups excluding carboxylic acids is 1. The normalized spacial score (nSPS) is 19.8. The van der Waals surface area contributed by atoms with E-state index in [1.165, 1.54) is 77.0 Å². The molecule has 0 aliphatic carbocycles. The molecule has 3 heteroatoms. The third kappa shape index (κ3) is 8.85. The van der Waals surface area contributed by atoms with Gasteiger partial charge in [-0.1, -0.05) is 87.1 Å². The van der Waals surface area contributed by atoms with Gasteiger partial charge in [-0.2, -0.15) is 0 Å². The van der Waals surface area contributed by atoms with Crippen LogP contribution in [-0.4, -0.2) is 28.7 Å². The molecule has 1 saturated heterocycles. The van der Waals surface area contributed by atoms with Gasteiger partial charge in [-0.05, 0) is 19.3 Å². The number of amides is 1. The molecule has 0 aromatic rings. The molecule has 1 aliphatic rings. The van der Waals surface area contributed by atoms with Gasteiger partial charge in [-0.3, -0.25) is 4.79 Å². The van der Waals surface area contributed by atoms with Gasteiger partial charge in [0, 0.05) is 13.1 Å². The summed E-state index contributed by atoms with van der Waals surface area (Å²) in [5.41, 5.74) is 0. The van der Waals surface area contributed by atoms with Crippen LogP contribution < -0.4 is 0 Å². The average Bonchev–Trinajstić information content (AvgIpc) is 2.64. The number of likely N-dealkylation sites (tertiary alicyclic amines) is 1. The monoisotopic (exact) mass is 359 g/mol. The Bertz CT molecular complexity index is 270. The van der Waals surface area contributed by atoms with E-state index < -0.39 is 0 Å². The first-order valence-corrected chi connectivity index (χ1v) is 10.1. The summed E-state index contributed by atoms with van der Waals surface area (Å²) < 4.78 is 0. The van der Waals surface area contributed by atoms with Crippen LogP contribution in [0, 0.1) is 0 Å². The highest BCUT2D eigenvalue weighted by Crippen LogP contribution is 2.19. The molecule has 1 aliphatic heterocycles. The van der Waals surface area contributed by atoms with Crippen LogP contribution >= 0.6 is 15.9 Å². The molecule has 1 unspecified atom stereocenters. The number of hydrogen-bond acceptors (Lipinski definition) is 1. The largest absolute Gasteiger partial charge is 0.342 e. The molecule has 2 nitrogen and oxygen atoms in total. The summed E-state index contributed by atoms with van der Waals surface area (Å²) in [6.07, 6.45) is 16.9. The fourth-order valence-electron chi connectivity index (χ4n) is 3.07. The molecule has 1 atom stereocenters. The van der Waals surface area contributed by atoms with E-state index in [0.29, 0.717) is 5.91 Å². The second-order valence-corrected chi connectivity index (χ2v) is 7.58. The van der Waals surface area contributed by atoms with E-state index in [1.54, 1.807) is 0 Å². The maximum absolute atomic E-state index is 12.1. The van der Waals surface area contributed by atoms with Crippen molar-refractivity contribution >= 4 is 21.8 Å². The first kappa shape index (κ1) is 19.0. The van der Waals surface area contributed by atoms with Gasteiger partial charge in [0.25, 0.3) is 0 Å². The van der Waals surface area contributed by atoms with Crippen LogP contribution in [0.1, 0.15) is 90.4 Å². The van der Waals surface area contributed by atoms with Crippen molar-refractivity contribution in [3.63, 3.8) is 0 Å². The van der Waals surface area contributed by atoms with Gasteiger partial charge in [0.05, 0.1) is 4.83 Å². The Labute approximate surface area is 140 Å². The molecule has 21 heavy (non-hydrogen) atoms. The minimum atomic E-state index is 0.0723. The number of rotatable bonds is 11. The molecule has 1 rings (SSSR count). The summed E-state index contributed by atoms with van der Waals surface area (Å²) in [6, 6.07) is 0. The van der Waals surface area contributed by atoms with E-state index in [9.17, 15) is 4.79 Å². The van der Waals surface area contributed by atoms with Crippen LogP contribution in [0.25, 0.3) is 0 Å². The van der Waals surface area contributed by atoms with E-state index in [4.69, 9.17) is 0 Å². The van der Waals surface area contributed by atoms with Crippen LogP contribution in [-0.2, 0) is 4.79 Å². The molecule has 1 heterocycles. The molecule has 1 amide bonds. The number of alkyl halides is 1. The summed E-state index contributed by atoms with van der Waals surface area (Å²) in [5, 5.41) is 0. The molecule has 0 radical (unpaired) electrons. The summed E-state index contributed by atoms with van der Waals surface area (Å²) in [5.74, 6) is 0.323. The Balaban J connectivity index is 1.95. The quantitative estimate of drug-likeness (QED) is 0.343. The Morgan fingerprint density at radius 2 is 1.52 bits per heavy atom. The highest BCUT2D eigenvalue weighted by atomic mass is 79.9. The van der Waals surface area contributed by atoms with E-state index in [-0.39, 0.29) is 4.83 Å². The van der Waals surface area contributed by atoms with Crippen molar-refractivity contribution in [1.82, 2.24) is 4.90 Å². The maximum Gasteiger partial charge on any atom is 0.236 e. The smallest absolute Gasteiger partial charge is 0.236 e. The second kappa shape index (κ2) is 12.5. The van der Waals surface area contributed by atoms with Crippen molar-refractivity contribution in [3.8, 4) is 0 Å². The van der Waals surface area contributed by atoms with Crippen molar-refractivity contribution in [2.24, 2.45) is 0 Å². The predicted molar refractivity (Wildman–Crippen MR) is 95.0 cm³/mol. The van der Waals surface area contributed by atoms with Crippen LogP contribution in [0.5, 0.6) is 0 Å². The first-order chi connectivity index (χ1) is 10.3. The second-order valence-electron chi connectivity index (χ2n) is 6.47. The lowest BCUT2D eigenvalue weighted by molar-refractivity contribution is -0.130. The molecule has 124 valence electrons. The van der Waals surface area contributed by atoms with Gasteiger partial charge >= 0.3 is 0 Å². The summed E-state index contributed by atoms with van der Waals surface area (Å²) in [4.78, 5) is 14.3. The topological polar surface area (TPSA) is 20.3 Å². The molecule has 0 aromatic carbocycles. The molecular formula is C18H34BrNO. The maximum atomic E-state index is 12.1. The molecule has 0 N–H and O–H groups in total. The molecule has 0 spiro atoms. The van der Waals surface area contributed by atoms with Crippen molar-refractivity contribution in [3.05, 3.63) is 0 Å². The Morgan fingerprint density at radius 3 is 2.14 bits per heavy atom. The SMILES string of the molecule is CCCCCCCCCCCCN1CCCCC(Br)C1=O. The summed E-state index contributed by atoms with van der Waals surface area (Å²) >= 11 is 3.52. The zero-order valence-corrected chi connectivity index (χ0v) is 15.5. The van der Waals surface area contributed by atoms with E-state index in [2.05, 4.69) is 27.8 Å². The predicted octanol–water partition coefficient (Wildman–Crippen LogP) is 5.68. The van der Waals surface area contributed by atoms with Crippen molar-refractivity contribution < 1.29 is 4.79 Å².